The lowest BCUT2D eigenvalue weighted by Crippen LogP contribution is -2.45. The number of benzene rings is 1. The van der Waals surface area contributed by atoms with Crippen molar-refractivity contribution >= 4 is 34.1 Å². The molecule has 9 heteroatoms. The largest absolute Gasteiger partial charge is 0.298 e. The molecule has 34 heavy (non-hydrogen) atoms. The number of thiazole rings is 1. The third-order valence-electron chi connectivity index (χ3n) is 6.31. The maximum Gasteiger partial charge on any atom is 0.263 e. The molecule has 2 fully saturated rings. The Kier molecular flexibility index (Phi) is 6.26. The highest BCUT2D eigenvalue weighted by atomic mass is 32.1. The lowest BCUT2D eigenvalue weighted by atomic mass is 10.0. The van der Waals surface area contributed by atoms with Crippen molar-refractivity contribution in [3.8, 4) is 11.8 Å². The van der Waals surface area contributed by atoms with Crippen LogP contribution >= 0.6 is 11.3 Å². The molecule has 0 aliphatic carbocycles. The minimum atomic E-state index is -0.764. The zero-order valence-corrected chi connectivity index (χ0v) is 19.8. The van der Waals surface area contributed by atoms with Crippen molar-refractivity contribution in [2.24, 2.45) is 0 Å². The Bertz CT molecular complexity index is 1390. The topological polar surface area (TPSA) is 97.2 Å². The van der Waals surface area contributed by atoms with E-state index in [0.29, 0.717) is 27.3 Å². The van der Waals surface area contributed by atoms with E-state index < -0.39 is 11.9 Å². The van der Waals surface area contributed by atoms with E-state index in [1.807, 2.05) is 12.3 Å². The van der Waals surface area contributed by atoms with Crippen molar-refractivity contribution < 1.29 is 9.59 Å². The van der Waals surface area contributed by atoms with E-state index in [0.717, 1.165) is 19.6 Å². The molecule has 2 aromatic heterocycles. The van der Waals surface area contributed by atoms with Crippen LogP contribution in [0, 0.1) is 18.8 Å². The molecule has 2 amide bonds. The van der Waals surface area contributed by atoms with Gasteiger partial charge in [0, 0.05) is 29.6 Å². The quantitative estimate of drug-likeness (QED) is 0.462. The third kappa shape index (κ3) is 4.52. The van der Waals surface area contributed by atoms with Gasteiger partial charge in [-0.25, -0.2) is 9.97 Å². The van der Waals surface area contributed by atoms with Crippen LogP contribution in [0.4, 0.5) is 0 Å². The number of nitrogens with one attached hydrogen (secondary N) is 1. The normalized spacial score (nSPS) is 19.0. The third-order valence-corrected chi connectivity index (χ3v) is 7.21. The summed E-state index contributed by atoms with van der Waals surface area (Å²) in [6, 6.07) is 4.60. The molecular weight excluding hydrogens is 450 g/mol. The molecule has 0 bridgehead atoms. The summed E-state index contributed by atoms with van der Waals surface area (Å²) in [5.74, 6) is 5.84. The van der Waals surface area contributed by atoms with Crippen molar-refractivity contribution in [1.29, 1.82) is 0 Å². The van der Waals surface area contributed by atoms with Gasteiger partial charge in [-0.2, -0.15) is 0 Å². The first kappa shape index (κ1) is 22.4. The summed E-state index contributed by atoms with van der Waals surface area (Å²) >= 11 is 1.57. The number of aryl methyl sites for hydroxylation is 1. The molecule has 1 unspecified atom stereocenters. The number of imide groups is 1. The van der Waals surface area contributed by atoms with Gasteiger partial charge in [0.05, 0.1) is 10.9 Å². The fraction of sp³-hybridized carbons (Fsp3) is 0.400. The van der Waals surface area contributed by atoms with Crippen LogP contribution in [-0.2, 0) is 16.1 Å². The number of aromatic nitrogens is 3. The van der Waals surface area contributed by atoms with Crippen LogP contribution in [0.15, 0.2) is 29.2 Å². The molecule has 5 rings (SSSR count). The molecule has 0 spiro atoms. The van der Waals surface area contributed by atoms with Crippen LogP contribution in [0.1, 0.15) is 59.4 Å². The van der Waals surface area contributed by atoms with E-state index in [2.05, 4.69) is 32.0 Å². The number of amides is 2. The van der Waals surface area contributed by atoms with Crippen molar-refractivity contribution in [2.45, 2.75) is 51.6 Å². The molecule has 4 heterocycles. The Morgan fingerprint density at radius 2 is 1.97 bits per heavy atom. The number of fused-ring (bicyclic) bond motifs is 1. The highest BCUT2D eigenvalue weighted by Crippen LogP contribution is 2.22. The first-order valence-electron chi connectivity index (χ1n) is 11.5. The molecule has 2 saturated heterocycles. The van der Waals surface area contributed by atoms with Gasteiger partial charge in [0.25, 0.3) is 5.56 Å². The highest BCUT2D eigenvalue weighted by molar-refractivity contribution is 7.12. The highest BCUT2D eigenvalue weighted by Gasteiger charge is 2.30. The molecule has 8 nitrogen and oxygen atoms in total. The minimum absolute atomic E-state index is 0.186. The van der Waals surface area contributed by atoms with Crippen LogP contribution in [0.25, 0.3) is 10.9 Å². The molecule has 1 atom stereocenters. The van der Waals surface area contributed by atoms with E-state index >= 15 is 0 Å². The van der Waals surface area contributed by atoms with Gasteiger partial charge in [-0.3, -0.25) is 29.2 Å². The van der Waals surface area contributed by atoms with Crippen molar-refractivity contribution in [2.75, 3.05) is 13.1 Å². The summed E-state index contributed by atoms with van der Waals surface area (Å²) in [6.07, 6.45) is 6.14. The lowest BCUT2D eigenvalue weighted by Gasteiger charge is -2.25. The van der Waals surface area contributed by atoms with Gasteiger partial charge in [0.2, 0.25) is 11.8 Å². The predicted molar refractivity (Wildman–Crippen MR) is 129 cm³/mol. The molecule has 1 aromatic carbocycles. The molecular formula is C25H25N5O3S. The summed E-state index contributed by atoms with van der Waals surface area (Å²) in [7, 11) is 0. The number of carbonyl (C=O) groups is 2. The van der Waals surface area contributed by atoms with Gasteiger partial charge in [-0.1, -0.05) is 18.4 Å². The second-order valence-corrected chi connectivity index (χ2v) is 9.83. The summed E-state index contributed by atoms with van der Waals surface area (Å²) in [6.45, 7) is 4.84. The van der Waals surface area contributed by atoms with Crippen molar-refractivity contribution in [3.63, 3.8) is 0 Å². The van der Waals surface area contributed by atoms with Gasteiger partial charge < -0.3 is 0 Å². The number of hydrogen-bond donors (Lipinski definition) is 1. The second kappa shape index (κ2) is 9.49. The first-order valence-corrected chi connectivity index (χ1v) is 12.4. The number of piperidine rings is 2. The average Bonchev–Trinajstić information content (AvgIpc) is 3.26. The van der Waals surface area contributed by atoms with Crippen LogP contribution in [0.5, 0.6) is 0 Å². The van der Waals surface area contributed by atoms with Gasteiger partial charge >= 0.3 is 0 Å². The van der Waals surface area contributed by atoms with Gasteiger partial charge in [-0.15, -0.1) is 11.3 Å². The van der Waals surface area contributed by atoms with Gasteiger partial charge in [0.1, 0.15) is 11.9 Å². The van der Waals surface area contributed by atoms with Gasteiger partial charge in [0.15, 0.2) is 5.01 Å². The van der Waals surface area contributed by atoms with E-state index in [1.54, 1.807) is 30.4 Å². The van der Waals surface area contributed by atoms with E-state index in [9.17, 15) is 14.4 Å². The van der Waals surface area contributed by atoms with E-state index in [4.69, 9.17) is 0 Å². The standard InChI is InChI=1S/C25H25N5O3S/c1-16-27-19-7-5-6-17(23(19)25(33)30(16)20-9-10-21(31)28-24(20)32)8-11-22-26-14-18(34-22)15-29-12-3-2-4-13-29/h5-7,14,20H,2-4,9-10,12-13,15H2,1H3,(H,28,31,32). The van der Waals surface area contributed by atoms with Gasteiger partial charge in [-0.05, 0) is 57.3 Å². The maximum absolute atomic E-state index is 13.5. The molecule has 0 saturated carbocycles. The van der Waals surface area contributed by atoms with E-state index in [1.165, 1.54) is 28.7 Å². The zero-order chi connectivity index (χ0) is 23.7. The Hall–Kier alpha value is -3.35. The Morgan fingerprint density at radius 1 is 1.15 bits per heavy atom. The molecule has 2 aliphatic rings. The SMILES string of the molecule is Cc1nc2cccc(C#Cc3ncc(CN4CCCCC4)s3)c2c(=O)n1C1CCC(=O)NC1=O. The number of rotatable bonds is 3. The Morgan fingerprint density at radius 3 is 2.76 bits per heavy atom. The number of likely N-dealkylation sites (tertiary alicyclic amines) is 1. The minimum Gasteiger partial charge on any atom is -0.298 e. The van der Waals surface area contributed by atoms with Crippen molar-refractivity contribution in [1.82, 2.24) is 24.8 Å². The fourth-order valence-corrected chi connectivity index (χ4v) is 5.46. The predicted octanol–water partition coefficient (Wildman–Crippen LogP) is 2.52. The molecule has 3 aromatic rings. The van der Waals surface area contributed by atoms with Crippen LogP contribution < -0.4 is 10.9 Å². The number of hydrogen-bond acceptors (Lipinski definition) is 7. The lowest BCUT2D eigenvalue weighted by molar-refractivity contribution is -0.135. The molecule has 174 valence electrons. The van der Waals surface area contributed by atoms with E-state index in [-0.39, 0.29) is 24.3 Å². The summed E-state index contributed by atoms with van der Waals surface area (Å²) in [5.41, 5.74) is 0.749. The number of carbonyl (C=O) groups excluding carboxylic acids is 2. The number of nitrogens with zero attached hydrogens (tertiary/aromatic N) is 4. The van der Waals surface area contributed by atoms with Crippen molar-refractivity contribution in [3.05, 3.63) is 56.0 Å². The summed E-state index contributed by atoms with van der Waals surface area (Å²) in [5, 5.41) is 3.39. The molecule has 0 radical (unpaired) electrons. The Balaban J connectivity index is 1.47. The summed E-state index contributed by atoms with van der Waals surface area (Å²) in [4.78, 5) is 50.1. The zero-order valence-electron chi connectivity index (χ0n) is 19.0. The monoisotopic (exact) mass is 475 g/mol. The summed E-state index contributed by atoms with van der Waals surface area (Å²) < 4.78 is 1.38. The second-order valence-electron chi connectivity index (χ2n) is 8.72. The van der Waals surface area contributed by atoms with Crippen LogP contribution in [0.3, 0.4) is 0 Å². The maximum atomic E-state index is 13.5. The molecule has 1 N–H and O–H groups in total. The van der Waals surface area contributed by atoms with Crippen LogP contribution in [-0.4, -0.2) is 44.3 Å². The fourth-order valence-electron chi connectivity index (χ4n) is 4.65. The smallest absolute Gasteiger partial charge is 0.263 e. The van der Waals surface area contributed by atoms with Crippen LogP contribution in [0.2, 0.25) is 0 Å². The first-order chi connectivity index (χ1) is 16.5. The average molecular weight is 476 g/mol. The Labute approximate surface area is 201 Å². The molecule has 2 aliphatic heterocycles.